The molecular formula is C10H11N3O4. The lowest BCUT2D eigenvalue weighted by atomic mass is 10.2. The topological polar surface area (TPSA) is 101 Å². The SMILES string of the molecule is CC(=O)Nc1ccc(NC(C)=O)c([N+](=O)[O-])c1. The monoisotopic (exact) mass is 237 g/mol. The summed E-state index contributed by atoms with van der Waals surface area (Å²) < 4.78 is 0. The Balaban J connectivity index is 3.12. The molecule has 0 heterocycles. The van der Waals surface area contributed by atoms with Gasteiger partial charge in [-0.05, 0) is 12.1 Å². The number of nitrogens with zero attached hydrogens (tertiary/aromatic N) is 1. The Morgan fingerprint density at radius 3 is 2.24 bits per heavy atom. The Bertz CT molecular complexity index is 484. The van der Waals surface area contributed by atoms with Crippen molar-refractivity contribution < 1.29 is 14.5 Å². The Kier molecular flexibility index (Phi) is 3.76. The number of nitrogens with one attached hydrogen (secondary N) is 2. The minimum atomic E-state index is -0.628. The van der Waals surface area contributed by atoms with Gasteiger partial charge in [0.1, 0.15) is 5.69 Å². The second kappa shape index (κ2) is 5.06. The maximum Gasteiger partial charge on any atom is 0.294 e. The fraction of sp³-hybridized carbons (Fsp3) is 0.200. The molecule has 0 aliphatic heterocycles. The maximum atomic E-state index is 10.8. The first-order valence-electron chi connectivity index (χ1n) is 4.74. The number of hydrogen-bond donors (Lipinski definition) is 2. The molecule has 7 heteroatoms. The second-order valence-corrected chi connectivity index (χ2v) is 3.35. The first kappa shape index (κ1) is 12.6. The van der Waals surface area contributed by atoms with E-state index in [1.807, 2.05) is 0 Å². The van der Waals surface area contributed by atoms with E-state index in [1.54, 1.807) is 0 Å². The van der Waals surface area contributed by atoms with E-state index in [2.05, 4.69) is 10.6 Å². The molecule has 0 saturated heterocycles. The van der Waals surface area contributed by atoms with E-state index in [1.165, 1.54) is 32.0 Å². The van der Waals surface area contributed by atoms with Crippen molar-refractivity contribution in [1.29, 1.82) is 0 Å². The number of nitro groups is 1. The minimum absolute atomic E-state index is 0.0941. The van der Waals surface area contributed by atoms with Gasteiger partial charge in [-0.2, -0.15) is 0 Å². The second-order valence-electron chi connectivity index (χ2n) is 3.35. The lowest BCUT2D eigenvalue weighted by molar-refractivity contribution is -0.383. The lowest BCUT2D eigenvalue weighted by Crippen LogP contribution is -2.10. The smallest absolute Gasteiger partial charge is 0.294 e. The first-order chi connectivity index (χ1) is 7.90. The molecule has 90 valence electrons. The molecule has 0 saturated carbocycles. The highest BCUT2D eigenvalue weighted by Gasteiger charge is 2.15. The van der Waals surface area contributed by atoms with Gasteiger partial charge >= 0.3 is 0 Å². The van der Waals surface area contributed by atoms with Gasteiger partial charge in [0.15, 0.2) is 0 Å². The van der Waals surface area contributed by atoms with Crippen LogP contribution in [0.2, 0.25) is 0 Å². The molecule has 1 aromatic carbocycles. The third-order valence-corrected chi connectivity index (χ3v) is 1.83. The van der Waals surface area contributed by atoms with Crippen LogP contribution in [0, 0.1) is 10.1 Å². The highest BCUT2D eigenvalue weighted by molar-refractivity contribution is 5.93. The average molecular weight is 237 g/mol. The fourth-order valence-electron chi connectivity index (χ4n) is 1.26. The van der Waals surface area contributed by atoms with E-state index in [0.717, 1.165) is 0 Å². The lowest BCUT2D eigenvalue weighted by Gasteiger charge is -2.06. The molecule has 17 heavy (non-hydrogen) atoms. The number of anilines is 2. The van der Waals surface area contributed by atoms with Crippen molar-refractivity contribution in [2.75, 3.05) is 10.6 Å². The zero-order chi connectivity index (χ0) is 13.0. The van der Waals surface area contributed by atoms with Crippen LogP contribution in [0.25, 0.3) is 0 Å². The first-order valence-corrected chi connectivity index (χ1v) is 4.74. The molecule has 0 atom stereocenters. The van der Waals surface area contributed by atoms with Crippen LogP contribution in [-0.4, -0.2) is 16.7 Å². The van der Waals surface area contributed by atoms with Crippen LogP contribution < -0.4 is 10.6 Å². The van der Waals surface area contributed by atoms with Crippen LogP contribution in [0.15, 0.2) is 18.2 Å². The molecule has 0 bridgehead atoms. The van der Waals surface area contributed by atoms with Crippen molar-refractivity contribution in [3.05, 3.63) is 28.3 Å². The van der Waals surface area contributed by atoms with Crippen molar-refractivity contribution >= 4 is 28.9 Å². The van der Waals surface area contributed by atoms with E-state index in [0.29, 0.717) is 5.69 Å². The van der Waals surface area contributed by atoms with Gasteiger partial charge in [0.25, 0.3) is 5.69 Å². The predicted octanol–water partition coefficient (Wildman–Crippen LogP) is 1.51. The zero-order valence-electron chi connectivity index (χ0n) is 9.31. The summed E-state index contributed by atoms with van der Waals surface area (Å²) in [7, 11) is 0. The van der Waals surface area contributed by atoms with Gasteiger partial charge in [0.05, 0.1) is 4.92 Å². The van der Waals surface area contributed by atoms with Crippen molar-refractivity contribution in [2.24, 2.45) is 0 Å². The maximum absolute atomic E-state index is 10.8. The third kappa shape index (κ3) is 3.56. The Hall–Kier alpha value is -2.44. The summed E-state index contributed by atoms with van der Waals surface area (Å²) in [6.07, 6.45) is 0. The molecule has 1 rings (SSSR count). The Labute approximate surface area is 97.0 Å². The summed E-state index contributed by atoms with van der Waals surface area (Å²) in [6, 6.07) is 4.02. The Morgan fingerprint density at radius 1 is 1.18 bits per heavy atom. The molecule has 0 spiro atoms. The van der Waals surface area contributed by atoms with Gasteiger partial charge in [0.2, 0.25) is 11.8 Å². The molecule has 0 radical (unpaired) electrons. The molecule has 0 fully saturated rings. The van der Waals surface area contributed by atoms with Crippen molar-refractivity contribution in [2.45, 2.75) is 13.8 Å². The summed E-state index contributed by atoms with van der Waals surface area (Å²) >= 11 is 0. The minimum Gasteiger partial charge on any atom is -0.326 e. The van der Waals surface area contributed by atoms with Gasteiger partial charge in [-0.3, -0.25) is 19.7 Å². The Morgan fingerprint density at radius 2 is 1.76 bits per heavy atom. The van der Waals surface area contributed by atoms with Gasteiger partial charge in [-0.1, -0.05) is 0 Å². The molecule has 7 nitrogen and oxygen atoms in total. The van der Waals surface area contributed by atoms with Gasteiger partial charge < -0.3 is 10.6 Å². The highest BCUT2D eigenvalue weighted by atomic mass is 16.6. The van der Waals surface area contributed by atoms with Crippen LogP contribution in [0.5, 0.6) is 0 Å². The van der Waals surface area contributed by atoms with Crippen molar-refractivity contribution in [1.82, 2.24) is 0 Å². The van der Waals surface area contributed by atoms with E-state index in [-0.39, 0.29) is 17.3 Å². The van der Waals surface area contributed by atoms with Crippen LogP contribution in [0.3, 0.4) is 0 Å². The van der Waals surface area contributed by atoms with Crippen molar-refractivity contribution in [3.63, 3.8) is 0 Å². The van der Waals surface area contributed by atoms with Crippen LogP contribution in [0.4, 0.5) is 17.1 Å². The summed E-state index contributed by atoms with van der Waals surface area (Å²) in [6.45, 7) is 2.55. The predicted molar refractivity (Wildman–Crippen MR) is 61.7 cm³/mol. The largest absolute Gasteiger partial charge is 0.326 e. The normalized spacial score (nSPS) is 9.53. The molecule has 0 aliphatic rings. The number of nitro benzene ring substituents is 1. The number of hydrogen-bond acceptors (Lipinski definition) is 4. The number of rotatable bonds is 3. The molecule has 2 N–H and O–H groups in total. The fourth-order valence-corrected chi connectivity index (χ4v) is 1.26. The summed E-state index contributed by atoms with van der Waals surface area (Å²) in [5, 5.41) is 15.5. The van der Waals surface area contributed by atoms with Crippen LogP contribution in [0.1, 0.15) is 13.8 Å². The van der Waals surface area contributed by atoms with Crippen molar-refractivity contribution in [3.8, 4) is 0 Å². The average Bonchev–Trinajstić information content (AvgIpc) is 2.18. The standard InChI is InChI=1S/C10H11N3O4/c1-6(14)11-8-3-4-9(12-7(2)15)10(5-8)13(16)17/h3-5H,1-2H3,(H,11,14)(H,12,15). The molecule has 2 amide bonds. The third-order valence-electron chi connectivity index (χ3n) is 1.83. The molecule has 0 aliphatic carbocycles. The van der Waals surface area contributed by atoms with Crippen LogP contribution >= 0.6 is 0 Å². The molecular weight excluding hydrogens is 226 g/mol. The number of benzene rings is 1. The van der Waals surface area contributed by atoms with Gasteiger partial charge in [-0.15, -0.1) is 0 Å². The zero-order valence-corrected chi connectivity index (χ0v) is 9.31. The summed E-state index contributed by atoms with van der Waals surface area (Å²) in [5.41, 5.74) is 0.126. The van der Waals surface area contributed by atoms with E-state index in [9.17, 15) is 19.7 Å². The van der Waals surface area contributed by atoms with Gasteiger partial charge in [0, 0.05) is 25.6 Å². The summed E-state index contributed by atoms with van der Waals surface area (Å²) in [5.74, 6) is -0.730. The number of amides is 2. The molecule has 0 unspecified atom stereocenters. The number of carbonyl (C=O) groups excluding carboxylic acids is 2. The van der Waals surface area contributed by atoms with Gasteiger partial charge in [-0.25, -0.2) is 0 Å². The highest BCUT2D eigenvalue weighted by Crippen LogP contribution is 2.27. The molecule has 0 aromatic heterocycles. The summed E-state index contributed by atoms with van der Waals surface area (Å²) in [4.78, 5) is 31.8. The quantitative estimate of drug-likeness (QED) is 0.614. The molecule has 1 aromatic rings. The van der Waals surface area contributed by atoms with E-state index in [4.69, 9.17) is 0 Å². The van der Waals surface area contributed by atoms with E-state index < -0.39 is 10.8 Å². The number of carbonyl (C=O) groups is 2. The van der Waals surface area contributed by atoms with Crippen LogP contribution in [-0.2, 0) is 9.59 Å². The van der Waals surface area contributed by atoms with E-state index >= 15 is 0 Å².